The Balaban J connectivity index is 1.96. The molecule has 0 spiro atoms. The summed E-state index contributed by atoms with van der Waals surface area (Å²) in [6.07, 6.45) is 0.303. The van der Waals surface area contributed by atoms with Gasteiger partial charge in [-0.1, -0.05) is 23.2 Å². The third-order valence-electron chi connectivity index (χ3n) is 4.96. The molecule has 2 amide bonds. The summed E-state index contributed by atoms with van der Waals surface area (Å²) in [6, 6.07) is 7.29. The molecule has 0 aromatic heterocycles. The van der Waals surface area contributed by atoms with Crippen molar-refractivity contribution < 1.29 is 24.2 Å². The molecule has 31 heavy (non-hydrogen) atoms. The number of ether oxygens (including phenoxy) is 2. The number of hydrogen-bond acceptors (Lipinski definition) is 4. The highest BCUT2D eigenvalue weighted by Crippen LogP contribution is 2.40. The van der Waals surface area contributed by atoms with Crippen LogP contribution >= 0.6 is 23.2 Å². The van der Waals surface area contributed by atoms with E-state index in [4.69, 9.17) is 32.7 Å². The molecule has 0 radical (unpaired) electrons. The zero-order valence-corrected chi connectivity index (χ0v) is 18.8. The van der Waals surface area contributed by atoms with E-state index >= 15 is 0 Å². The maximum Gasteiger partial charge on any atom is 0.322 e. The third-order valence-corrected chi connectivity index (χ3v) is 5.53. The smallest absolute Gasteiger partial charge is 0.322 e. The summed E-state index contributed by atoms with van der Waals surface area (Å²) in [5.74, 6) is 0.128. The van der Waals surface area contributed by atoms with E-state index in [1.807, 2.05) is 19.9 Å². The van der Waals surface area contributed by atoms with Crippen molar-refractivity contribution in [2.24, 2.45) is 0 Å². The highest BCUT2D eigenvalue weighted by Gasteiger charge is 2.34. The number of rotatable bonds is 7. The van der Waals surface area contributed by atoms with Crippen LogP contribution in [0.2, 0.25) is 10.0 Å². The molecule has 2 aromatic carbocycles. The van der Waals surface area contributed by atoms with Crippen molar-refractivity contribution in [1.82, 2.24) is 4.90 Å². The highest BCUT2D eigenvalue weighted by molar-refractivity contribution is 6.35. The monoisotopic (exact) mass is 466 g/mol. The van der Waals surface area contributed by atoms with Crippen molar-refractivity contribution in [1.29, 1.82) is 0 Å². The van der Waals surface area contributed by atoms with Gasteiger partial charge >= 0.3 is 12.0 Å². The summed E-state index contributed by atoms with van der Waals surface area (Å²) in [5, 5.41) is 13.0. The lowest BCUT2D eigenvalue weighted by Gasteiger charge is -2.37. The first kappa shape index (κ1) is 23.0. The Morgan fingerprint density at radius 2 is 1.81 bits per heavy atom. The average Bonchev–Trinajstić information content (AvgIpc) is 2.71. The molecule has 166 valence electrons. The van der Waals surface area contributed by atoms with Crippen LogP contribution in [0.5, 0.6) is 11.5 Å². The van der Waals surface area contributed by atoms with Crippen LogP contribution in [0.3, 0.4) is 0 Å². The lowest BCUT2D eigenvalue weighted by Crippen LogP contribution is -2.43. The number of amides is 2. The van der Waals surface area contributed by atoms with Gasteiger partial charge in [-0.25, -0.2) is 4.79 Å². The summed E-state index contributed by atoms with van der Waals surface area (Å²) in [6.45, 7) is 4.99. The topological polar surface area (TPSA) is 88.1 Å². The van der Waals surface area contributed by atoms with Gasteiger partial charge in [0.1, 0.15) is 0 Å². The predicted molar refractivity (Wildman–Crippen MR) is 120 cm³/mol. The van der Waals surface area contributed by atoms with Gasteiger partial charge in [0.2, 0.25) is 0 Å². The van der Waals surface area contributed by atoms with Gasteiger partial charge in [-0.3, -0.25) is 4.79 Å². The number of carboxylic acids is 1. The van der Waals surface area contributed by atoms with Crippen LogP contribution < -0.4 is 14.8 Å². The molecule has 7 nitrogen and oxygen atoms in total. The molecule has 2 N–H and O–H groups in total. The number of carboxylic acid groups (broad SMARTS) is 1. The highest BCUT2D eigenvalue weighted by atomic mass is 35.5. The van der Waals surface area contributed by atoms with Gasteiger partial charge in [0.15, 0.2) is 11.5 Å². The van der Waals surface area contributed by atoms with Gasteiger partial charge in [0.25, 0.3) is 0 Å². The lowest BCUT2D eigenvalue weighted by atomic mass is 9.90. The van der Waals surface area contributed by atoms with Crippen molar-refractivity contribution in [2.45, 2.75) is 32.7 Å². The molecule has 0 saturated carbocycles. The maximum absolute atomic E-state index is 13.1. The Hall–Kier alpha value is -2.64. The zero-order chi connectivity index (χ0) is 22.5. The van der Waals surface area contributed by atoms with Crippen LogP contribution in [-0.2, 0) is 11.2 Å². The molecule has 2 aromatic rings. The number of aliphatic carboxylic acids is 1. The molecule has 0 saturated heterocycles. The molecule has 3 rings (SSSR count). The summed E-state index contributed by atoms with van der Waals surface area (Å²) < 4.78 is 11.4. The average molecular weight is 467 g/mol. The molecule has 0 bridgehead atoms. The fourth-order valence-electron chi connectivity index (χ4n) is 3.65. The molecule has 9 heteroatoms. The van der Waals surface area contributed by atoms with E-state index < -0.39 is 18.0 Å². The van der Waals surface area contributed by atoms with E-state index in [0.717, 1.165) is 11.1 Å². The minimum Gasteiger partial charge on any atom is -0.490 e. The molecule has 0 aliphatic carbocycles. The summed E-state index contributed by atoms with van der Waals surface area (Å²) >= 11 is 12.2. The second-order valence-corrected chi connectivity index (χ2v) is 7.82. The van der Waals surface area contributed by atoms with Crippen LogP contribution in [0.15, 0.2) is 30.3 Å². The quantitative estimate of drug-likeness (QED) is 0.570. The van der Waals surface area contributed by atoms with Crippen molar-refractivity contribution >= 4 is 40.9 Å². The number of hydrogen-bond donors (Lipinski definition) is 2. The predicted octanol–water partition coefficient (Wildman–Crippen LogP) is 5.40. The van der Waals surface area contributed by atoms with Gasteiger partial charge in [0, 0.05) is 11.6 Å². The Kier molecular flexibility index (Phi) is 7.51. The van der Waals surface area contributed by atoms with Crippen molar-refractivity contribution in [3.8, 4) is 11.5 Å². The fourth-order valence-corrected chi connectivity index (χ4v) is 3.99. The Morgan fingerprint density at radius 3 is 2.45 bits per heavy atom. The number of carbonyl (C=O) groups excluding carboxylic acids is 1. The Morgan fingerprint density at radius 1 is 1.13 bits per heavy atom. The molecule has 0 fully saturated rings. The van der Waals surface area contributed by atoms with Gasteiger partial charge in [-0.15, -0.1) is 0 Å². The number of anilines is 1. The first-order valence-corrected chi connectivity index (χ1v) is 10.8. The maximum atomic E-state index is 13.1. The number of halogens is 2. The molecule has 1 aliphatic heterocycles. The van der Waals surface area contributed by atoms with Crippen molar-refractivity contribution in [3.05, 3.63) is 51.5 Å². The van der Waals surface area contributed by atoms with Gasteiger partial charge in [0.05, 0.1) is 36.4 Å². The number of benzene rings is 2. The number of carbonyl (C=O) groups is 2. The van der Waals surface area contributed by atoms with Gasteiger partial charge < -0.3 is 24.8 Å². The molecular weight excluding hydrogens is 443 g/mol. The molecule has 1 heterocycles. The SMILES string of the molecule is CCOc1cc2c(cc1OCC)C(CC(=O)O)N(C(=O)Nc1cc(Cl)ccc1Cl)CC2. The van der Waals surface area contributed by atoms with Crippen molar-refractivity contribution in [3.63, 3.8) is 0 Å². The van der Waals surface area contributed by atoms with Crippen LogP contribution in [0.4, 0.5) is 10.5 Å². The van der Waals surface area contributed by atoms with Crippen LogP contribution in [0.1, 0.15) is 37.4 Å². The van der Waals surface area contributed by atoms with Crippen LogP contribution in [-0.4, -0.2) is 41.8 Å². The largest absolute Gasteiger partial charge is 0.490 e. The molecule has 1 unspecified atom stereocenters. The number of fused-ring (bicyclic) bond motifs is 1. The Bertz CT molecular complexity index is 983. The Labute approximate surface area is 190 Å². The van der Waals surface area contributed by atoms with Gasteiger partial charge in [-0.05, 0) is 61.7 Å². The van der Waals surface area contributed by atoms with E-state index in [0.29, 0.717) is 53.4 Å². The first-order chi connectivity index (χ1) is 14.8. The minimum absolute atomic E-state index is 0.247. The lowest BCUT2D eigenvalue weighted by molar-refractivity contribution is -0.138. The minimum atomic E-state index is -1.01. The first-order valence-electron chi connectivity index (χ1n) is 10.0. The van der Waals surface area contributed by atoms with E-state index in [2.05, 4.69) is 5.32 Å². The van der Waals surface area contributed by atoms with E-state index in [1.165, 1.54) is 4.90 Å². The van der Waals surface area contributed by atoms with Crippen LogP contribution in [0, 0.1) is 0 Å². The zero-order valence-electron chi connectivity index (χ0n) is 17.3. The van der Waals surface area contributed by atoms with Crippen molar-refractivity contribution in [2.75, 3.05) is 25.1 Å². The summed E-state index contributed by atoms with van der Waals surface area (Å²) in [7, 11) is 0. The van der Waals surface area contributed by atoms with Gasteiger partial charge in [-0.2, -0.15) is 0 Å². The standard InChI is InChI=1S/C22H24Cl2N2O5/c1-3-30-19-9-13-7-8-26(22(29)25-17-10-14(23)5-6-16(17)24)18(12-21(27)28)15(13)11-20(19)31-4-2/h5-6,9-11,18H,3-4,7-8,12H2,1-2H3,(H,25,29)(H,27,28). The molecular formula is C22H24Cl2N2O5. The third kappa shape index (κ3) is 5.35. The van der Waals surface area contributed by atoms with E-state index in [1.54, 1.807) is 24.3 Å². The second kappa shape index (κ2) is 10.1. The summed E-state index contributed by atoms with van der Waals surface area (Å²) in [5.41, 5.74) is 2.02. The van der Waals surface area contributed by atoms with E-state index in [-0.39, 0.29) is 6.42 Å². The second-order valence-electron chi connectivity index (χ2n) is 6.98. The van der Waals surface area contributed by atoms with Crippen LogP contribution in [0.25, 0.3) is 0 Å². The summed E-state index contributed by atoms with van der Waals surface area (Å²) in [4.78, 5) is 26.2. The number of nitrogens with zero attached hydrogens (tertiary/aromatic N) is 1. The fraction of sp³-hybridized carbons (Fsp3) is 0.364. The number of urea groups is 1. The number of nitrogens with one attached hydrogen (secondary N) is 1. The van der Waals surface area contributed by atoms with E-state index in [9.17, 15) is 14.7 Å². The molecule has 1 atom stereocenters. The normalized spacial score (nSPS) is 15.2. The molecule has 1 aliphatic rings.